The molecule has 1 N–H and O–H groups in total. The van der Waals surface area contributed by atoms with Crippen LogP contribution in [0.1, 0.15) is 27.7 Å². The first-order valence-electron chi connectivity index (χ1n) is 5.81. The number of nitrogens with one attached hydrogen (secondary N) is 1. The van der Waals surface area contributed by atoms with Crippen molar-refractivity contribution in [1.82, 2.24) is 5.32 Å². The van der Waals surface area contributed by atoms with E-state index in [-0.39, 0.29) is 5.91 Å². The average Bonchev–Trinajstić information content (AvgIpc) is 2.52. The fourth-order valence-electron chi connectivity index (χ4n) is 1.66. The summed E-state index contributed by atoms with van der Waals surface area (Å²) in [5.41, 5.74) is 2.04. The Hall–Kier alpha value is -0.873. The van der Waals surface area contributed by atoms with E-state index in [0.717, 1.165) is 11.1 Å². The number of hydrogen-bond acceptors (Lipinski definition) is 2. The number of allylic oxidation sites excluding steroid dienone is 1. The highest BCUT2D eigenvalue weighted by molar-refractivity contribution is 7.27. The largest absolute Gasteiger partial charge is 0.329 e. The molecule has 2 nitrogen and oxygen atoms in total. The molecule has 0 aliphatic carbocycles. The van der Waals surface area contributed by atoms with Crippen LogP contribution in [0.15, 0.2) is 12.3 Å². The molecule has 1 rings (SSSR count). The monoisotopic (exact) mass is 267 g/mol. The van der Waals surface area contributed by atoms with Gasteiger partial charge < -0.3 is 5.32 Å². The lowest BCUT2D eigenvalue weighted by Crippen LogP contribution is -2.40. The van der Waals surface area contributed by atoms with E-state index in [0.29, 0.717) is 0 Å². The van der Waals surface area contributed by atoms with Gasteiger partial charge in [-0.3, -0.25) is 4.79 Å². The number of rotatable bonds is 3. The summed E-state index contributed by atoms with van der Waals surface area (Å²) in [5.74, 6) is 0.0300. The standard InChI is InChI=1S/C13H21NOSSi/c1-7-8-14-12(15)11-9(2)10(3)16-13(11)17(4,5)6/h7-8H,1-6H3,(H,14,15)/b8-7+. The molecule has 0 unspecified atom stereocenters. The van der Waals surface area contributed by atoms with Gasteiger partial charge in [0.25, 0.3) is 5.91 Å². The Bertz CT molecular complexity index is 455. The predicted molar refractivity (Wildman–Crippen MR) is 79.1 cm³/mol. The van der Waals surface area contributed by atoms with E-state index in [1.165, 1.54) is 9.38 Å². The van der Waals surface area contributed by atoms with Crippen LogP contribution in [0.3, 0.4) is 0 Å². The summed E-state index contributed by atoms with van der Waals surface area (Å²) in [7, 11) is -1.46. The van der Waals surface area contributed by atoms with Crippen molar-refractivity contribution in [2.24, 2.45) is 0 Å². The molecule has 0 atom stereocenters. The predicted octanol–water partition coefficient (Wildman–Crippen LogP) is 3.17. The molecule has 0 radical (unpaired) electrons. The van der Waals surface area contributed by atoms with E-state index in [9.17, 15) is 4.79 Å². The van der Waals surface area contributed by atoms with Crippen molar-refractivity contribution in [1.29, 1.82) is 0 Å². The lowest BCUT2D eigenvalue weighted by Gasteiger charge is -2.16. The third-order valence-corrected chi connectivity index (χ3v) is 7.45. The number of carbonyl (C=O) groups excluding carboxylic acids is 1. The minimum absolute atomic E-state index is 0.0300. The van der Waals surface area contributed by atoms with Crippen LogP contribution in [-0.4, -0.2) is 14.0 Å². The topological polar surface area (TPSA) is 29.1 Å². The van der Waals surface area contributed by atoms with Gasteiger partial charge in [-0.1, -0.05) is 25.7 Å². The third-order valence-electron chi connectivity index (χ3n) is 2.67. The van der Waals surface area contributed by atoms with Crippen molar-refractivity contribution in [3.63, 3.8) is 0 Å². The highest BCUT2D eigenvalue weighted by Gasteiger charge is 2.28. The quantitative estimate of drug-likeness (QED) is 0.837. The molecule has 4 heteroatoms. The summed E-state index contributed by atoms with van der Waals surface area (Å²) in [5, 5.41) is 2.82. The van der Waals surface area contributed by atoms with E-state index in [1.807, 2.05) is 19.9 Å². The van der Waals surface area contributed by atoms with Gasteiger partial charge in [0.1, 0.15) is 0 Å². The maximum absolute atomic E-state index is 12.2. The molecule has 94 valence electrons. The maximum Gasteiger partial charge on any atom is 0.256 e. The van der Waals surface area contributed by atoms with E-state index in [1.54, 1.807) is 17.5 Å². The number of amides is 1. The molecule has 1 aromatic rings. The molecule has 0 saturated heterocycles. The Labute approximate surface area is 109 Å². The molecule has 17 heavy (non-hydrogen) atoms. The summed E-state index contributed by atoms with van der Waals surface area (Å²) >= 11 is 1.79. The molecule has 0 aliphatic rings. The summed E-state index contributed by atoms with van der Waals surface area (Å²) in [6.07, 6.45) is 3.53. The fourth-order valence-corrected chi connectivity index (χ4v) is 5.30. The van der Waals surface area contributed by atoms with Gasteiger partial charge in [-0.25, -0.2) is 0 Å². The zero-order valence-corrected chi connectivity index (χ0v) is 13.3. The second-order valence-electron chi connectivity index (χ2n) is 5.21. The fraction of sp³-hybridized carbons (Fsp3) is 0.462. The zero-order chi connectivity index (χ0) is 13.2. The molecule has 1 amide bonds. The van der Waals surface area contributed by atoms with Crippen LogP contribution in [0.25, 0.3) is 0 Å². The van der Waals surface area contributed by atoms with Crippen LogP contribution in [0.4, 0.5) is 0 Å². The Kier molecular flexibility index (Phi) is 4.33. The number of carbonyl (C=O) groups is 1. The Balaban J connectivity index is 3.26. The molecule has 0 saturated carbocycles. The third kappa shape index (κ3) is 3.07. The molecule has 0 aliphatic heterocycles. The molecular weight excluding hydrogens is 246 g/mol. The maximum atomic E-state index is 12.2. The Morgan fingerprint density at radius 2 is 1.88 bits per heavy atom. The van der Waals surface area contributed by atoms with Crippen molar-refractivity contribution in [2.75, 3.05) is 0 Å². The van der Waals surface area contributed by atoms with Crippen LogP contribution in [0.2, 0.25) is 19.6 Å². The van der Waals surface area contributed by atoms with Crippen LogP contribution in [0, 0.1) is 13.8 Å². The van der Waals surface area contributed by atoms with Gasteiger partial charge >= 0.3 is 0 Å². The van der Waals surface area contributed by atoms with Gasteiger partial charge in [0.05, 0.1) is 13.6 Å². The zero-order valence-electron chi connectivity index (χ0n) is 11.5. The molecular formula is C13H21NOSSi. The van der Waals surface area contributed by atoms with Gasteiger partial charge in [0.2, 0.25) is 0 Å². The van der Waals surface area contributed by atoms with E-state index in [4.69, 9.17) is 0 Å². The summed E-state index contributed by atoms with van der Waals surface area (Å²) in [6.45, 7) is 12.9. The van der Waals surface area contributed by atoms with E-state index >= 15 is 0 Å². The van der Waals surface area contributed by atoms with Crippen molar-refractivity contribution in [3.8, 4) is 0 Å². The van der Waals surface area contributed by atoms with Gasteiger partial charge in [0, 0.05) is 9.38 Å². The van der Waals surface area contributed by atoms with Crippen molar-refractivity contribution >= 4 is 29.8 Å². The van der Waals surface area contributed by atoms with E-state index < -0.39 is 8.07 Å². The smallest absolute Gasteiger partial charge is 0.256 e. The second kappa shape index (κ2) is 5.19. The number of thiophene rings is 1. The number of hydrogen-bond donors (Lipinski definition) is 1. The van der Waals surface area contributed by atoms with Gasteiger partial charge in [-0.2, -0.15) is 0 Å². The van der Waals surface area contributed by atoms with Crippen LogP contribution >= 0.6 is 11.3 Å². The lowest BCUT2D eigenvalue weighted by molar-refractivity contribution is 0.0971. The first-order chi connectivity index (χ1) is 7.79. The highest BCUT2D eigenvalue weighted by atomic mass is 32.1. The van der Waals surface area contributed by atoms with Gasteiger partial charge in [-0.05, 0) is 32.5 Å². The van der Waals surface area contributed by atoms with Gasteiger partial charge in [-0.15, -0.1) is 11.3 Å². The normalized spacial score (nSPS) is 12.1. The average molecular weight is 267 g/mol. The minimum Gasteiger partial charge on any atom is -0.329 e. The minimum atomic E-state index is -1.46. The van der Waals surface area contributed by atoms with E-state index in [2.05, 4.69) is 31.9 Å². The van der Waals surface area contributed by atoms with Crippen LogP contribution in [-0.2, 0) is 0 Å². The summed E-state index contributed by atoms with van der Waals surface area (Å²) < 4.78 is 1.30. The second-order valence-corrected chi connectivity index (χ2v) is 11.8. The van der Waals surface area contributed by atoms with Crippen molar-refractivity contribution < 1.29 is 4.79 Å². The van der Waals surface area contributed by atoms with Gasteiger partial charge in [0.15, 0.2) is 0 Å². The summed E-state index contributed by atoms with van der Waals surface area (Å²) in [4.78, 5) is 13.4. The molecule has 0 spiro atoms. The SMILES string of the molecule is C/C=C/NC(=O)c1c([Si](C)(C)C)sc(C)c1C. The first kappa shape index (κ1) is 14.2. The highest BCUT2D eigenvalue weighted by Crippen LogP contribution is 2.22. The van der Waals surface area contributed by atoms with Crippen LogP contribution in [0.5, 0.6) is 0 Å². The van der Waals surface area contributed by atoms with Crippen molar-refractivity contribution in [2.45, 2.75) is 40.4 Å². The Morgan fingerprint density at radius 3 is 2.35 bits per heavy atom. The molecule has 1 heterocycles. The molecule has 1 aromatic heterocycles. The molecule has 0 bridgehead atoms. The number of aryl methyl sites for hydroxylation is 1. The van der Waals surface area contributed by atoms with Crippen LogP contribution < -0.4 is 9.82 Å². The lowest BCUT2D eigenvalue weighted by atomic mass is 10.1. The first-order valence-corrected chi connectivity index (χ1v) is 10.1. The van der Waals surface area contributed by atoms with Crippen molar-refractivity contribution in [3.05, 3.63) is 28.3 Å². The summed E-state index contributed by atoms with van der Waals surface area (Å²) in [6, 6.07) is 0. The Morgan fingerprint density at radius 1 is 1.29 bits per heavy atom. The molecule has 0 aromatic carbocycles. The molecule has 0 fully saturated rings.